The lowest BCUT2D eigenvalue weighted by Gasteiger charge is -2.41. The number of thioether (sulfide) groups is 1. The van der Waals surface area contributed by atoms with E-state index >= 15 is 0 Å². The molecule has 0 radical (unpaired) electrons. The fourth-order valence-corrected chi connectivity index (χ4v) is 5.14. The first-order valence-electron chi connectivity index (χ1n) is 5.60. The van der Waals surface area contributed by atoms with Gasteiger partial charge in [0.2, 0.25) is 0 Å². The van der Waals surface area contributed by atoms with Gasteiger partial charge in [-0.1, -0.05) is 13.8 Å². The lowest BCUT2D eigenvalue weighted by molar-refractivity contribution is -0.0166. The van der Waals surface area contributed by atoms with E-state index in [4.69, 9.17) is 4.74 Å². The van der Waals surface area contributed by atoms with Gasteiger partial charge in [0, 0.05) is 18.3 Å². The van der Waals surface area contributed by atoms with Crippen LogP contribution in [0.3, 0.4) is 0 Å². The number of rotatable bonds is 3. The van der Waals surface area contributed by atoms with Crippen LogP contribution >= 0.6 is 11.8 Å². The SMILES string of the molecule is CO[C@H]1C[C@H]2CC[C@]1(CSC)C2(C)C. The summed E-state index contributed by atoms with van der Waals surface area (Å²) in [7, 11) is 1.89. The number of fused-ring (bicyclic) bond motifs is 2. The highest BCUT2D eigenvalue weighted by Gasteiger charge is 2.63. The molecule has 2 fully saturated rings. The van der Waals surface area contributed by atoms with Gasteiger partial charge in [-0.2, -0.15) is 11.8 Å². The van der Waals surface area contributed by atoms with Crippen LogP contribution in [0, 0.1) is 16.7 Å². The zero-order valence-electron chi connectivity index (χ0n) is 9.80. The summed E-state index contributed by atoms with van der Waals surface area (Å²) >= 11 is 1.99. The second kappa shape index (κ2) is 3.41. The van der Waals surface area contributed by atoms with Crippen molar-refractivity contribution in [2.75, 3.05) is 19.1 Å². The third-order valence-electron chi connectivity index (χ3n) is 5.04. The lowest BCUT2D eigenvalue weighted by atomic mass is 9.69. The van der Waals surface area contributed by atoms with E-state index in [-0.39, 0.29) is 0 Å². The molecule has 0 amide bonds. The molecule has 2 heteroatoms. The molecule has 2 rings (SSSR count). The smallest absolute Gasteiger partial charge is 0.0643 e. The van der Waals surface area contributed by atoms with Gasteiger partial charge in [0.05, 0.1) is 6.10 Å². The predicted molar refractivity (Wildman–Crippen MR) is 62.7 cm³/mol. The lowest BCUT2D eigenvalue weighted by Crippen LogP contribution is -2.41. The summed E-state index contributed by atoms with van der Waals surface area (Å²) in [6.07, 6.45) is 6.84. The summed E-state index contributed by atoms with van der Waals surface area (Å²) < 4.78 is 5.72. The molecule has 2 aliphatic carbocycles. The molecule has 0 saturated heterocycles. The van der Waals surface area contributed by atoms with Crippen LogP contribution in [0.2, 0.25) is 0 Å². The van der Waals surface area contributed by atoms with E-state index < -0.39 is 0 Å². The van der Waals surface area contributed by atoms with Crippen LogP contribution in [0.4, 0.5) is 0 Å². The Labute approximate surface area is 92.0 Å². The quantitative estimate of drug-likeness (QED) is 0.713. The van der Waals surface area contributed by atoms with Crippen molar-refractivity contribution in [3.05, 3.63) is 0 Å². The summed E-state index contributed by atoms with van der Waals surface area (Å²) in [5.41, 5.74) is 0.961. The number of ether oxygens (including phenoxy) is 1. The van der Waals surface area contributed by atoms with Gasteiger partial charge in [-0.15, -0.1) is 0 Å². The van der Waals surface area contributed by atoms with Crippen LogP contribution in [0.25, 0.3) is 0 Å². The van der Waals surface area contributed by atoms with Gasteiger partial charge in [-0.3, -0.25) is 0 Å². The van der Waals surface area contributed by atoms with E-state index in [1.165, 1.54) is 25.0 Å². The van der Waals surface area contributed by atoms with Crippen molar-refractivity contribution in [3.63, 3.8) is 0 Å². The fourth-order valence-electron chi connectivity index (χ4n) is 3.92. The van der Waals surface area contributed by atoms with E-state index in [9.17, 15) is 0 Å². The Balaban J connectivity index is 2.30. The first-order valence-corrected chi connectivity index (χ1v) is 6.99. The molecule has 14 heavy (non-hydrogen) atoms. The van der Waals surface area contributed by atoms with E-state index in [1.54, 1.807) is 0 Å². The topological polar surface area (TPSA) is 9.23 Å². The molecule has 0 N–H and O–H groups in total. The van der Waals surface area contributed by atoms with Gasteiger partial charge in [-0.25, -0.2) is 0 Å². The van der Waals surface area contributed by atoms with Crippen molar-refractivity contribution in [2.24, 2.45) is 16.7 Å². The minimum absolute atomic E-state index is 0.464. The molecular weight excluding hydrogens is 192 g/mol. The fraction of sp³-hybridized carbons (Fsp3) is 1.00. The second-order valence-electron chi connectivity index (χ2n) is 5.51. The summed E-state index contributed by atoms with van der Waals surface area (Å²) in [4.78, 5) is 0. The van der Waals surface area contributed by atoms with Gasteiger partial charge in [0.25, 0.3) is 0 Å². The molecule has 2 saturated carbocycles. The maximum Gasteiger partial charge on any atom is 0.0643 e. The number of methoxy groups -OCH3 is 1. The first kappa shape index (κ1) is 10.8. The minimum atomic E-state index is 0.464. The van der Waals surface area contributed by atoms with Crippen molar-refractivity contribution in [3.8, 4) is 0 Å². The summed E-state index contributed by atoms with van der Waals surface area (Å²) in [6, 6.07) is 0. The third-order valence-corrected chi connectivity index (χ3v) is 5.85. The largest absolute Gasteiger partial charge is 0.381 e. The third kappa shape index (κ3) is 1.13. The number of hydrogen-bond donors (Lipinski definition) is 0. The van der Waals surface area contributed by atoms with Crippen LogP contribution in [0.1, 0.15) is 33.1 Å². The summed E-state index contributed by atoms with van der Waals surface area (Å²) in [6.45, 7) is 4.92. The zero-order valence-corrected chi connectivity index (χ0v) is 10.6. The predicted octanol–water partition coefficient (Wildman–Crippen LogP) is 3.19. The highest BCUT2D eigenvalue weighted by Crippen LogP contribution is 2.67. The molecule has 0 unspecified atom stereocenters. The molecule has 0 aromatic carbocycles. The standard InChI is InChI=1S/C12H22OS/c1-11(2)9-5-6-12(11,8-14-4)10(7-9)13-3/h9-10H,5-8H2,1-4H3/t9-,10+,12-/m1/s1. The average molecular weight is 214 g/mol. The molecule has 0 aliphatic heterocycles. The highest BCUT2D eigenvalue weighted by molar-refractivity contribution is 7.98. The van der Waals surface area contributed by atoms with Crippen molar-refractivity contribution >= 4 is 11.8 Å². The second-order valence-corrected chi connectivity index (χ2v) is 6.37. The molecule has 2 aliphatic rings. The Morgan fingerprint density at radius 2 is 2.14 bits per heavy atom. The van der Waals surface area contributed by atoms with Crippen molar-refractivity contribution in [1.82, 2.24) is 0 Å². The molecule has 2 bridgehead atoms. The average Bonchev–Trinajstić information content (AvgIpc) is 2.51. The van der Waals surface area contributed by atoms with E-state index in [0.717, 1.165) is 5.92 Å². The van der Waals surface area contributed by atoms with Crippen molar-refractivity contribution < 1.29 is 4.74 Å². The molecule has 3 atom stereocenters. The first-order chi connectivity index (χ1) is 6.58. The Hall–Kier alpha value is 0.310. The summed E-state index contributed by atoms with van der Waals surface area (Å²) in [5, 5.41) is 0. The molecule has 0 aromatic heterocycles. The van der Waals surface area contributed by atoms with Crippen LogP contribution in [-0.4, -0.2) is 25.2 Å². The van der Waals surface area contributed by atoms with E-state index in [0.29, 0.717) is 16.9 Å². The van der Waals surface area contributed by atoms with Gasteiger partial charge < -0.3 is 4.74 Å². The Morgan fingerprint density at radius 1 is 1.43 bits per heavy atom. The zero-order chi connectivity index (χ0) is 10.4. The Morgan fingerprint density at radius 3 is 2.64 bits per heavy atom. The van der Waals surface area contributed by atoms with Crippen molar-refractivity contribution in [1.29, 1.82) is 0 Å². The monoisotopic (exact) mass is 214 g/mol. The molecule has 0 spiro atoms. The highest BCUT2D eigenvalue weighted by atomic mass is 32.2. The van der Waals surface area contributed by atoms with E-state index in [1.807, 2.05) is 18.9 Å². The van der Waals surface area contributed by atoms with E-state index in [2.05, 4.69) is 20.1 Å². The molecule has 1 nitrogen and oxygen atoms in total. The molecule has 0 heterocycles. The molecule has 0 aromatic rings. The van der Waals surface area contributed by atoms with Gasteiger partial charge in [-0.05, 0) is 36.9 Å². The van der Waals surface area contributed by atoms with Crippen LogP contribution in [0.15, 0.2) is 0 Å². The van der Waals surface area contributed by atoms with Crippen LogP contribution < -0.4 is 0 Å². The van der Waals surface area contributed by atoms with Crippen molar-refractivity contribution in [2.45, 2.75) is 39.2 Å². The molecular formula is C12H22OS. The normalized spacial score (nSPS) is 44.6. The van der Waals surface area contributed by atoms with Gasteiger partial charge >= 0.3 is 0 Å². The van der Waals surface area contributed by atoms with Crippen LogP contribution in [0.5, 0.6) is 0 Å². The number of hydrogen-bond acceptors (Lipinski definition) is 2. The van der Waals surface area contributed by atoms with Gasteiger partial charge in [0.15, 0.2) is 0 Å². The molecule has 82 valence electrons. The summed E-state index contributed by atoms with van der Waals surface area (Å²) in [5.74, 6) is 2.18. The maximum atomic E-state index is 5.72. The Bertz CT molecular complexity index is 226. The maximum absolute atomic E-state index is 5.72. The van der Waals surface area contributed by atoms with Gasteiger partial charge in [0.1, 0.15) is 0 Å². The van der Waals surface area contributed by atoms with Crippen LogP contribution in [-0.2, 0) is 4.74 Å². The minimum Gasteiger partial charge on any atom is -0.381 e. The Kier molecular flexibility index (Phi) is 2.64.